The Morgan fingerprint density at radius 2 is 2.00 bits per heavy atom. The van der Waals surface area contributed by atoms with Crippen LogP contribution in [0.1, 0.15) is 0 Å². The van der Waals surface area contributed by atoms with Gasteiger partial charge in [-0.15, -0.1) is 33.2 Å². The van der Waals surface area contributed by atoms with Crippen molar-refractivity contribution in [1.29, 1.82) is 0 Å². The van der Waals surface area contributed by atoms with Gasteiger partial charge in [-0.2, -0.15) is 0 Å². The van der Waals surface area contributed by atoms with Gasteiger partial charge in [-0.25, -0.2) is 0 Å². The van der Waals surface area contributed by atoms with Crippen molar-refractivity contribution in [1.82, 2.24) is 0 Å². The molecule has 0 bridgehead atoms. The first-order valence-corrected chi connectivity index (χ1v) is 6.92. The summed E-state index contributed by atoms with van der Waals surface area (Å²) < 4.78 is 4.18. The van der Waals surface area contributed by atoms with Crippen molar-refractivity contribution in [2.75, 3.05) is 6.23 Å². The summed E-state index contributed by atoms with van der Waals surface area (Å²) in [6.45, 7) is 0.259. The molecule has 0 aromatic carbocycles. The van der Waals surface area contributed by atoms with Crippen molar-refractivity contribution in [2.45, 2.75) is 0 Å². The molecule has 0 aliphatic heterocycles. The molecular formula is C2H3Cl3O2Si. The van der Waals surface area contributed by atoms with Gasteiger partial charge in [0.1, 0.15) is 6.23 Å². The average Bonchev–Trinajstić information content (AvgIpc) is 1.59. The van der Waals surface area contributed by atoms with E-state index in [9.17, 15) is 4.79 Å². The van der Waals surface area contributed by atoms with Gasteiger partial charge in [0.2, 0.25) is 0 Å². The number of halogens is 3. The van der Waals surface area contributed by atoms with Crippen LogP contribution in [0.2, 0.25) is 0 Å². The van der Waals surface area contributed by atoms with Crippen LogP contribution < -0.4 is 0 Å². The van der Waals surface area contributed by atoms with Crippen LogP contribution in [0.4, 0.5) is 0 Å². The summed E-state index contributed by atoms with van der Waals surface area (Å²) in [5.74, 6) is 0. The van der Waals surface area contributed by atoms with E-state index >= 15 is 0 Å². The lowest BCUT2D eigenvalue weighted by Gasteiger charge is -2.02. The molecule has 0 heterocycles. The zero-order chi connectivity index (χ0) is 6.62. The van der Waals surface area contributed by atoms with E-state index in [0.29, 0.717) is 0 Å². The maximum atomic E-state index is 9.48. The number of carbonyl (C=O) groups excluding carboxylic acids is 1. The summed E-state index contributed by atoms with van der Waals surface area (Å²) in [5.41, 5.74) is 0. The van der Waals surface area contributed by atoms with Crippen molar-refractivity contribution >= 4 is 45.7 Å². The highest BCUT2D eigenvalue weighted by Crippen LogP contribution is 2.18. The van der Waals surface area contributed by atoms with Crippen LogP contribution in [0.25, 0.3) is 0 Å². The van der Waals surface area contributed by atoms with E-state index in [-0.39, 0.29) is 12.7 Å². The molecule has 48 valence electrons. The highest BCUT2D eigenvalue weighted by molar-refractivity contribution is 7.64. The third-order valence-electron chi connectivity index (χ3n) is 0.315. The van der Waals surface area contributed by atoms with E-state index in [1.807, 2.05) is 0 Å². The maximum Gasteiger partial charge on any atom is 0.378 e. The van der Waals surface area contributed by atoms with Gasteiger partial charge in [0.25, 0.3) is 6.47 Å². The Labute approximate surface area is 61.8 Å². The van der Waals surface area contributed by atoms with Gasteiger partial charge >= 0.3 is 6.00 Å². The van der Waals surface area contributed by atoms with E-state index in [1.165, 1.54) is 0 Å². The first kappa shape index (κ1) is 8.56. The molecule has 0 saturated heterocycles. The summed E-state index contributed by atoms with van der Waals surface area (Å²) in [6.07, 6.45) is -0.0683. The molecule has 8 heavy (non-hydrogen) atoms. The third-order valence-corrected chi connectivity index (χ3v) is 1.79. The number of hydrogen-bond acceptors (Lipinski definition) is 2. The van der Waals surface area contributed by atoms with Crippen LogP contribution in [0.5, 0.6) is 0 Å². The Morgan fingerprint density at radius 3 is 2.12 bits per heavy atom. The fourth-order valence-electron chi connectivity index (χ4n) is 0.129. The van der Waals surface area contributed by atoms with Crippen LogP contribution in [-0.2, 0) is 9.53 Å². The number of rotatable bonds is 3. The van der Waals surface area contributed by atoms with E-state index in [1.54, 1.807) is 0 Å². The number of ether oxygens (including phenoxy) is 1. The van der Waals surface area contributed by atoms with Gasteiger partial charge in [-0.3, -0.25) is 4.79 Å². The Morgan fingerprint density at radius 1 is 1.50 bits per heavy atom. The summed E-state index contributed by atoms with van der Waals surface area (Å²) in [6, 6.07) is -2.71. The van der Waals surface area contributed by atoms with Gasteiger partial charge < -0.3 is 4.74 Å². The molecule has 2 nitrogen and oxygen atoms in total. The molecule has 0 rings (SSSR count). The summed E-state index contributed by atoms with van der Waals surface area (Å²) in [4.78, 5) is 9.48. The van der Waals surface area contributed by atoms with Gasteiger partial charge in [-0.05, 0) is 0 Å². The molecular weight excluding hydrogens is 190 g/mol. The van der Waals surface area contributed by atoms with E-state index < -0.39 is 6.00 Å². The molecule has 0 unspecified atom stereocenters. The lowest BCUT2D eigenvalue weighted by atomic mass is 11.5. The summed E-state index contributed by atoms with van der Waals surface area (Å²) in [5, 5.41) is 0. The Bertz CT molecular complexity index is 79.8. The number of carbonyl (C=O) groups is 1. The molecule has 0 aromatic heterocycles. The van der Waals surface area contributed by atoms with Crippen molar-refractivity contribution in [3.63, 3.8) is 0 Å². The molecule has 0 aliphatic carbocycles. The fraction of sp³-hybridized carbons (Fsp3) is 0.500. The highest BCUT2D eigenvalue weighted by Gasteiger charge is 2.25. The summed E-state index contributed by atoms with van der Waals surface area (Å²) in [7, 11) is 0. The van der Waals surface area contributed by atoms with Crippen molar-refractivity contribution < 1.29 is 9.53 Å². The Hall–Kier alpha value is 0.557. The highest BCUT2D eigenvalue weighted by atomic mass is 35.8. The maximum absolute atomic E-state index is 9.48. The zero-order valence-electron chi connectivity index (χ0n) is 3.73. The normalized spacial score (nSPS) is 10.9. The first-order chi connectivity index (χ1) is 3.56. The second kappa shape index (κ2) is 3.56. The molecule has 0 spiro atoms. The second-order valence-electron chi connectivity index (χ2n) is 1.02. The standard InChI is InChI=1S/C2H3Cl3O2Si/c3-8(4,5)2-7-1-6/h1H,2H2. The van der Waals surface area contributed by atoms with Gasteiger partial charge in [0.05, 0.1) is 0 Å². The molecule has 6 heteroatoms. The van der Waals surface area contributed by atoms with Crippen molar-refractivity contribution in [3.8, 4) is 0 Å². The molecule has 0 saturated carbocycles. The summed E-state index contributed by atoms with van der Waals surface area (Å²) >= 11 is 15.9. The SMILES string of the molecule is O=COC[Si](Cl)(Cl)Cl. The topological polar surface area (TPSA) is 26.3 Å². The van der Waals surface area contributed by atoms with Gasteiger partial charge in [-0.1, -0.05) is 0 Å². The lowest BCUT2D eigenvalue weighted by molar-refractivity contribution is -0.126. The van der Waals surface area contributed by atoms with E-state index in [2.05, 4.69) is 4.74 Å². The van der Waals surface area contributed by atoms with Crippen LogP contribution in [0.15, 0.2) is 0 Å². The van der Waals surface area contributed by atoms with Crippen LogP contribution in [0.3, 0.4) is 0 Å². The molecule has 0 aromatic rings. The minimum absolute atomic E-state index is 0.0683. The van der Waals surface area contributed by atoms with E-state index in [4.69, 9.17) is 33.2 Å². The van der Waals surface area contributed by atoms with Crippen molar-refractivity contribution in [3.05, 3.63) is 0 Å². The Kier molecular flexibility index (Phi) is 3.80. The van der Waals surface area contributed by atoms with E-state index in [0.717, 1.165) is 0 Å². The second-order valence-corrected chi connectivity index (χ2v) is 10.1. The quantitative estimate of drug-likeness (QED) is 0.384. The minimum Gasteiger partial charge on any atom is -0.467 e. The molecule has 0 amide bonds. The fourth-order valence-corrected chi connectivity index (χ4v) is 0.952. The molecule has 0 fully saturated rings. The third kappa shape index (κ3) is 6.56. The molecule has 0 atom stereocenters. The predicted molar refractivity (Wildman–Crippen MR) is 35.3 cm³/mol. The largest absolute Gasteiger partial charge is 0.467 e. The first-order valence-electron chi connectivity index (χ1n) is 1.68. The Balaban J connectivity index is 3.24. The lowest BCUT2D eigenvalue weighted by Crippen LogP contribution is -2.18. The minimum atomic E-state index is -2.71. The predicted octanol–water partition coefficient (Wildman–Crippen LogP) is 1.35. The number of hydrogen-bond donors (Lipinski definition) is 0. The molecule has 0 radical (unpaired) electrons. The average molecular weight is 193 g/mol. The smallest absolute Gasteiger partial charge is 0.378 e. The van der Waals surface area contributed by atoms with Crippen LogP contribution >= 0.6 is 33.2 Å². The zero-order valence-corrected chi connectivity index (χ0v) is 7.00. The monoisotopic (exact) mass is 192 g/mol. The van der Waals surface area contributed by atoms with Gasteiger partial charge in [0.15, 0.2) is 0 Å². The molecule has 0 N–H and O–H groups in total. The molecule has 0 aliphatic rings. The van der Waals surface area contributed by atoms with Crippen LogP contribution in [0, 0.1) is 0 Å². The van der Waals surface area contributed by atoms with Gasteiger partial charge in [0, 0.05) is 0 Å². The van der Waals surface area contributed by atoms with Crippen molar-refractivity contribution in [2.24, 2.45) is 0 Å². The van der Waals surface area contributed by atoms with Crippen LogP contribution in [-0.4, -0.2) is 18.7 Å².